The van der Waals surface area contributed by atoms with Gasteiger partial charge < -0.3 is 5.32 Å². The van der Waals surface area contributed by atoms with Gasteiger partial charge in [0.15, 0.2) is 0 Å². The molecule has 0 saturated heterocycles. The zero-order chi connectivity index (χ0) is 22.8. The largest absolute Gasteiger partial charge is 0.343 e. The maximum absolute atomic E-state index is 12.6. The minimum Gasteiger partial charge on any atom is -0.343 e. The molecule has 1 N–H and O–H groups in total. The van der Waals surface area contributed by atoms with Gasteiger partial charge in [0.2, 0.25) is 5.82 Å². The molecule has 0 fully saturated rings. The first kappa shape index (κ1) is 20.7. The fraction of sp³-hybridized carbons (Fsp3) is 0.148. The lowest BCUT2D eigenvalue weighted by atomic mass is 10.00. The standard InChI is InChI=1S/C27H23N5O/c1-17-12-20(10-11-28-17)21-13-24-23(8-9-25(24)29-14-21)22-15-30-26(31-16-22)27(33)32-18(2)19-6-4-3-5-7-19/h3-8,10-16,18H,9H2,1-2H3,(H,32,33)/t18-/m0/s1. The Labute approximate surface area is 192 Å². The summed E-state index contributed by atoms with van der Waals surface area (Å²) in [5, 5.41) is 2.95. The lowest BCUT2D eigenvalue weighted by Gasteiger charge is -2.13. The molecule has 33 heavy (non-hydrogen) atoms. The Balaban J connectivity index is 1.35. The molecule has 0 bridgehead atoms. The molecular formula is C27H23N5O. The first-order valence-electron chi connectivity index (χ1n) is 10.9. The van der Waals surface area contributed by atoms with Crippen molar-refractivity contribution in [3.8, 4) is 11.1 Å². The molecule has 1 atom stereocenters. The highest BCUT2D eigenvalue weighted by molar-refractivity contribution is 5.91. The number of pyridine rings is 2. The molecule has 1 aromatic carbocycles. The number of amides is 1. The van der Waals surface area contributed by atoms with E-state index in [4.69, 9.17) is 0 Å². The quantitative estimate of drug-likeness (QED) is 0.493. The van der Waals surface area contributed by atoms with Crippen molar-refractivity contribution in [2.75, 3.05) is 0 Å². The van der Waals surface area contributed by atoms with Crippen molar-refractivity contribution in [1.82, 2.24) is 25.3 Å². The molecule has 4 aromatic rings. The number of nitrogens with zero attached hydrogens (tertiary/aromatic N) is 4. The Morgan fingerprint density at radius 1 is 0.909 bits per heavy atom. The van der Waals surface area contributed by atoms with E-state index in [0.29, 0.717) is 0 Å². The molecule has 0 aliphatic heterocycles. The van der Waals surface area contributed by atoms with Gasteiger partial charge in [-0.15, -0.1) is 0 Å². The van der Waals surface area contributed by atoms with E-state index in [1.165, 1.54) is 0 Å². The van der Waals surface area contributed by atoms with Crippen LogP contribution in [0.1, 0.15) is 51.7 Å². The minimum atomic E-state index is -0.296. The van der Waals surface area contributed by atoms with E-state index in [9.17, 15) is 4.79 Å². The summed E-state index contributed by atoms with van der Waals surface area (Å²) in [7, 11) is 0. The van der Waals surface area contributed by atoms with Gasteiger partial charge in [-0.05, 0) is 48.7 Å². The Morgan fingerprint density at radius 2 is 1.67 bits per heavy atom. The summed E-state index contributed by atoms with van der Waals surface area (Å²) >= 11 is 0. The van der Waals surface area contributed by atoms with Crippen molar-refractivity contribution in [1.29, 1.82) is 0 Å². The van der Waals surface area contributed by atoms with Crippen molar-refractivity contribution in [2.24, 2.45) is 0 Å². The Kier molecular flexibility index (Phi) is 5.48. The van der Waals surface area contributed by atoms with Gasteiger partial charge in [-0.3, -0.25) is 14.8 Å². The van der Waals surface area contributed by atoms with Crippen LogP contribution in [0.5, 0.6) is 0 Å². The summed E-state index contributed by atoms with van der Waals surface area (Å²) in [5.41, 5.74) is 8.12. The molecule has 0 spiro atoms. The number of fused-ring (bicyclic) bond motifs is 1. The van der Waals surface area contributed by atoms with E-state index in [-0.39, 0.29) is 17.8 Å². The van der Waals surface area contributed by atoms with Crippen molar-refractivity contribution < 1.29 is 4.79 Å². The highest BCUT2D eigenvalue weighted by Gasteiger charge is 2.20. The van der Waals surface area contributed by atoms with Crippen LogP contribution in [0.2, 0.25) is 0 Å². The minimum absolute atomic E-state index is 0.132. The molecule has 1 aliphatic rings. The number of rotatable bonds is 5. The number of allylic oxidation sites excluding steroid dienone is 1. The Hall–Kier alpha value is -4.19. The molecule has 6 heteroatoms. The molecule has 6 nitrogen and oxygen atoms in total. The van der Waals surface area contributed by atoms with Crippen LogP contribution >= 0.6 is 0 Å². The smallest absolute Gasteiger partial charge is 0.289 e. The van der Waals surface area contributed by atoms with Crippen LogP contribution < -0.4 is 5.32 Å². The number of carbonyl (C=O) groups is 1. The van der Waals surface area contributed by atoms with E-state index >= 15 is 0 Å². The molecule has 3 aromatic heterocycles. The van der Waals surface area contributed by atoms with Gasteiger partial charge in [-0.2, -0.15) is 0 Å². The average molecular weight is 434 g/mol. The molecular weight excluding hydrogens is 410 g/mol. The van der Waals surface area contributed by atoms with E-state index < -0.39 is 0 Å². The molecule has 0 unspecified atom stereocenters. The van der Waals surface area contributed by atoms with Crippen molar-refractivity contribution >= 4 is 11.5 Å². The van der Waals surface area contributed by atoms with Crippen LogP contribution in [0.15, 0.2) is 79.4 Å². The number of aromatic nitrogens is 4. The summed E-state index contributed by atoms with van der Waals surface area (Å²) < 4.78 is 0. The highest BCUT2D eigenvalue weighted by Crippen LogP contribution is 2.34. The summed E-state index contributed by atoms with van der Waals surface area (Å²) in [5.74, 6) is -0.143. The molecule has 3 heterocycles. The van der Waals surface area contributed by atoms with Gasteiger partial charge in [-0.1, -0.05) is 36.4 Å². The van der Waals surface area contributed by atoms with Crippen LogP contribution in [0.4, 0.5) is 0 Å². The van der Waals surface area contributed by atoms with Crippen LogP contribution in [0, 0.1) is 6.92 Å². The van der Waals surface area contributed by atoms with Crippen molar-refractivity contribution in [3.05, 3.63) is 113 Å². The lowest BCUT2D eigenvalue weighted by molar-refractivity contribution is 0.0929. The van der Waals surface area contributed by atoms with Gasteiger partial charge in [0.25, 0.3) is 5.91 Å². The summed E-state index contributed by atoms with van der Waals surface area (Å²) in [4.78, 5) is 30.3. The normalized spacial score (nSPS) is 13.2. The summed E-state index contributed by atoms with van der Waals surface area (Å²) in [6, 6.07) is 15.9. The molecule has 162 valence electrons. The summed E-state index contributed by atoms with van der Waals surface area (Å²) in [6.07, 6.45) is 10.0. The van der Waals surface area contributed by atoms with Crippen molar-refractivity contribution in [2.45, 2.75) is 26.3 Å². The maximum Gasteiger partial charge on any atom is 0.289 e. The predicted octanol–water partition coefficient (Wildman–Crippen LogP) is 4.72. The van der Waals surface area contributed by atoms with Gasteiger partial charge in [0.05, 0.1) is 11.7 Å². The molecule has 1 aliphatic carbocycles. The highest BCUT2D eigenvalue weighted by atomic mass is 16.2. The lowest BCUT2D eigenvalue weighted by Crippen LogP contribution is -2.28. The molecule has 5 rings (SSSR count). The number of nitrogens with one attached hydrogen (secondary N) is 1. The second-order valence-corrected chi connectivity index (χ2v) is 8.13. The second-order valence-electron chi connectivity index (χ2n) is 8.13. The van der Waals surface area contributed by atoms with Crippen molar-refractivity contribution in [3.63, 3.8) is 0 Å². The SMILES string of the molecule is Cc1cc(-c2cnc3c(c2)C(c2cnc(C(=O)N[C@@H](C)c4ccccc4)nc2)=CC3)ccn1. The predicted molar refractivity (Wildman–Crippen MR) is 127 cm³/mol. The zero-order valence-electron chi connectivity index (χ0n) is 18.5. The van der Waals surface area contributed by atoms with Crippen LogP contribution in [0.25, 0.3) is 16.7 Å². The third kappa shape index (κ3) is 4.28. The van der Waals surface area contributed by atoms with E-state index in [2.05, 4.69) is 43.5 Å². The van der Waals surface area contributed by atoms with E-state index in [0.717, 1.165) is 51.2 Å². The first-order valence-corrected chi connectivity index (χ1v) is 10.9. The van der Waals surface area contributed by atoms with Gasteiger partial charge in [0.1, 0.15) is 0 Å². The zero-order valence-corrected chi connectivity index (χ0v) is 18.5. The molecule has 0 radical (unpaired) electrons. The maximum atomic E-state index is 12.6. The van der Waals surface area contributed by atoms with Crippen LogP contribution in [0.3, 0.4) is 0 Å². The third-order valence-electron chi connectivity index (χ3n) is 5.80. The Morgan fingerprint density at radius 3 is 2.42 bits per heavy atom. The molecule has 0 saturated carbocycles. The summed E-state index contributed by atoms with van der Waals surface area (Å²) in [6.45, 7) is 3.92. The first-order chi connectivity index (χ1) is 16.1. The van der Waals surface area contributed by atoms with E-state index in [1.807, 2.05) is 62.6 Å². The third-order valence-corrected chi connectivity index (χ3v) is 5.80. The van der Waals surface area contributed by atoms with Crippen LogP contribution in [-0.4, -0.2) is 25.8 Å². The van der Waals surface area contributed by atoms with Gasteiger partial charge in [-0.25, -0.2) is 9.97 Å². The van der Waals surface area contributed by atoms with Gasteiger partial charge in [0, 0.05) is 53.6 Å². The van der Waals surface area contributed by atoms with Crippen LogP contribution in [-0.2, 0) is 6.42 Å². The monoisotopic (exact) mass is 433 g/mol. The number of benzene rings is 1. The number of aryl methyl sites for hydroxylation is 1. The molecule has 1 amide bonds. The topological polar surface area (TPSA) is 80.7 Å². The fourth-order valence-corrected chi connectivity index (χ4v) is 4.02. The van der Waals surface area contributed by atoms with Gasteiger partial charge >= 0.3 is 0 Å². The second kappa shape index (κ2) is 8.74. The Bertz CT molecular complexity index is 1350. The number of hydrogen-bond donors (Lipinski definition) is 1. The van der Waals surface area contributed by atoms with E-state index in [1.54, 1.807) is 12.4 Å². The number of carbonyl (C=O) groups excluding carboxylic acids is 1. The average Bonchev–Trinajstić information content (AvgIpc) is 3.28. The fourth-order valence-electron chi connectivity index (χ4n) is 4.02. The number of hydrogen-bond acceptors (Lipinski definition) is 5.